The first kappa shape index (κ1) is 13.9. The molecule has 0 atom stereocenters. The van der Waals surface area contributed by atoms with Crippen LogP contribution in [-0.4, -0.2) is 10.2 Å². The average molecular weight is 312 g/mol. The van der Waals surface area contributed by atoms with E-state index >= 15 is 0 Å². The Kier molecular flexibility index (Phi) is 4.03. The molecule has 1 aliphatic heterocycles. The highest BCUT2D eigenvalue weighted by Gasteiger charge is 2.21. The van der Waals surface area contributed by atoms with E-state index in [2.05, 4.69) is 10.6 Å². The summed E-state index contributed by atoms with van der Waals surface area (Å²) in [5.41, 5.74) is 3.01. The summed E-state index contributed by atoms with van der Waals surface area (Å²) in [5.74, 6) is -0.128. The van der Waals surface area contributed by atoms with E-state index in [4.69, 9.17) is 12.2 Å². The fourth-order valence-corrected chi connectivity index (χ4v) is 2.97. The van der Waals surface area contributed by atoms with Gasteiger partial charge in [-0.25, -0.2) is 0 Å². The molecule has 1 fully saturated rings. The Bertz CT molecular complexity index is 709. The van der Waals surface area contributed by atoms with Crippen LogP contribution in [0.1, 0.15) is 5.56 Å². The number of carbonyl (C=O) groups excluding carboxylic acids is 1. The molecule has 104 valence electrons. The van der Waals surface area contributed by atoms with E-state index in [1.54, 1.807) is 0 Å². The van der Waals surface area contributed by atoms with Crippen LogP contribution in [0.15, 0.2) is 59.5 Å². The number of thioether (sulfide) groups is 1. The van der Waals surface area contributed by atoms with Crippen molar-refractivity contribution in [3.8, 4) is 0 Å². The maximum Gasteiger partial charge on any atom is 0.263 e. The molecule has 0 aliphatic carbocycles. The summed E-state index contributed by atoms with van der Waals surface area (Å²) in [7, 11) is 0. The zero-order valence-electron chi connectivity index (χ0n) is 11.0. The van der Waals surface area contributed by atoms with Crippen LogP contribution in [0.5, 0.6) is 0 Å². The van der Waals surface area contributed by atoms with Crippen molar-refractivity contribution in [1.29, 1.82) is 0 Å². The Morgan fingerprint density at radius 1 is 1.00 bits per heavy atom. The van der Waals surface area contributed by atoms with Gasteiger partial charge in [0.1, 0.15) is 4.32 Å². The Hall–Kier alpha value is -2.11. The van der Waals surface area contributed by atoms with Crippen molar-refractivity contribution >= 4 is 51.7 Å². The lowest BCUT2D eigenvalue weighted by molar-refractivity contribution is -0.115. The molecule has 2 N–H and O–H groups in total. The van der Waals surface area contributed by atoms with Gasteiger partial charge in [0.15, 0.2) is 0 Å². The summed E-state index contributed by atoms with van der Waals surface area (Å²) in [6, 6.07) is 17.9. The van der Waals surface area contributed by atoms with Crippen molar-refractivity contribution in [3.05, 3.63) is 65.1 Å². The largest absolute Gasteiger partial charge is 0.356 e. The summed E-state index contributed by atoms with van der Waals surface area (Å²) < 4.78 is 0.508. The first-order chi connectivity index (χ1) is 10.2. The highest BCUT2D eigenvalue weighted by molar-refractivity contribution is 8.26. The van der Waals surface area contributed by atoms with Gasteiger partial charge in [0, 0.05) is 11.4 Å². The van der Waals surface area contributed by atoms with E-state index in [1.807, 2.05) is 60.7 Å². The van der Waals surface area contributed by atoms with Gasteiger partial charge in [-0.2, -0.15) is 0 Å². The summed E-state index contributed by atoms with van der Waals surface area (Å²) in [6.07, 6.45) is 1.84. The third kappa shape index (κ3) is 3.51. The van der Waals surface area contributed by atoms with Gasteiger partial charge >= 0.3 is 0 Å². The van der Waals surface area contributed by atoms with Crippen LogP contribution < -0.4 is 10.6 Å². The predicted molar refractivity (Wildman–Crippen MR) is 92.5 cm³/mol. The van der Waals surface area contributed by atoms with Crippen molar-refractivity contribution in [3.63, 3.8) is 0 Å². The van der Waals surface area contributed by atoms with Crippen molar-refractivity contribution in [2.75, 3.05) is 5.32 Å². The number of nitrogens with one attached hydrogen (secondary N) is 2. The number of benzene rings is 2. The molecule has 21 heavy (non-hydrogen) atoms. The van der Waals surface area contributed by atoms with Crippen LogP contribution in [0.2, 0.25) is 0 Å². The van der Waals surface area contributed by atoms with Gasteiger partial charge in [0.05, 0.1) is 4.91 Å². The van der Waals surface area contributed by atoms with Gasteiger partial charge in [-0.1, -0.05) is 54.3 Å². The Morgan fingerprint density at radius 2 is 1.67 bits per heavy atom. The Balaban J connectivity index is 1.74. The van der Waals surface area contributed by atoms with Gasteiger partial charge in [-0.05, 0) is 35.9 Å². The van der Waals surface area contributed by atoms with Crippen molar-refractivity contribution in [2.45, 2.75) is 0 Å². The fourth-order valence-electron chi connectivity index (χ4n) is 1.92. The van der Waals surface area contributed by atoms with Gasteiger partial charge in [-0.3, -0.25) is 4.79 Å². The van der Waals surface area contributed by atoms with Crippen LogP contribution in [0, 0.1) is 0 Å². The molecule has 0 aromatic heterocycles. The SMILES string of the molecule is O=C1NC(=S)S/C1=C\c1ccc(Nc2ccccc2)cc1. The van der Waals surface area contributed by atoms with E-state index < -0.39 is 0 Å². The van der Waals surface area contributed by atoms with Gasteiger partial charge in [0.25, 0.3) is 5.91 Å². The molecule has 5 heteroatoms. The van der Waals surface area contributed by atoms with E-state index in [0.29, 0.717) is 9.23 Å². The van der Waals surface area contributed by atoms with Crippen molar-refractivity contribution in [1.82, 2.24) is 5.32 Å². The molecule has 0 radical (unpaired) electrons. The van der Waals surface area contributed by atoms with Crippen molar-refractivity contribution < 1.29 is 4.79 Å². The number of anilines is 2. The van der Waals surface area contributed by atoms with E-state index in [0.717, 1.165) is 16.9 Å². The lowest BCUT2D eigenvalue weighted by Gasteiger charge is -2.06. The number of hydrogen-bond donors (Lipinski definition) is 2. The molecule has 1 saturated heterocycles. The monoisotopic (exact) mass is 312 g/mol. The van der Waals surface area contributed by atoms with Crippen LogP contribution in [-0.2, 0) is 4.79 Å². The molecule has 0 spiro atoms. The zero-order valence-corrected chi connectivity index (χ0v) is 12.6. The van der Waals surface area contributed by atoms with E-state index in [1.165, 1.54) is 11.8 Å². The highest BCUT2D eigenvalue weighted by atomic mass is 32.2. The first-order valence-electron chi connectivity index (χ1n) is 6.38. The second-order valence-electron chi connectivity index (χ2n) is 4.47. The smallest absolute Gasteiger partial charge is 0.263 e. The molecule has 1 aliphatic rings. The van der Waals surface area contributed by atoms with Crippen molar-refractivity contribution in [2.24, 2.45) is 0 Å². The third-order valence-corrected chi connectivity index (χ3v) is 4.08. The minimum absolute atomic E-state index is 0.128. The zero-order chi connectivity index (χ0) is 14.7. The van der Waals surface area contributed by atoms with Crippen LogP contribution in [0.4, 0.5) is 11.4 Å². The molecule has 3 nitrogen and oxygen atoms in total. The molecule has 0 unspecified atom stereocenters. The van der Waals surface area contributed by atoms with Gasteiger partial charge in [-0.15, -0.1) is 0 Å². The summed E-state index contributed by atoms with van der Waals surface area (Å²) in [6.45, 7) is 0. The minimum atomic E-state index is -0.128. The van der Waals surface area contributed by atoms with Gasteiger partial charge < -0.3 is 10.6 Å². The third-order valence-electron chi connectivity index (χ3n) is 2.91. The molecule has 1 heterocycles. The number of amides is 1. The second kappa shape index (κ2) is 6.11. The van der Waals surface area contributed by atoms with Gasteiger partial charge in [0.2, 0.25) is 0 Å². The molecule has 1 amide bonds. The van der Waals surface area contributed by atoms with Crippen LogP contribution >= 0.6 is 24.0 Å². The molecule has 2 aromatic rings. The molecular formula is C16H12N2OS2. The van der Waals surface area contributed by atoms with Crippen LogP contribution in [0.3, 0.4) is 0 Å². The predicted octanol–water partition coefficient (Wildman–Crippen LogP) is 3.92. The average Bonchev–Trinajstić information content (AvgIpc) is 2.80. The number of thiocarbonyl (C=S) groups is 1. The summed E-state index contributed by atoms with van der Waals surface area (Å²) >= 11 is 6.25. The maximum absolute atomic E-state index is 11.6. The standard InChI is InChI=1S/C16H12N2OS2/c19-15-14(21-16(20)18-15)10-11-6-8-13(9-7-11)17-12-4-2-1-3-5-12/h1-10,17H,(H,18,19,20)/b14-10-. The first-order valence-corrected chi connectivity index (χ1v) is 7.60. The van der Waals surface area contributed by atoms with E-state index in [-0.39, 0.29) is 5.91 Å². The highest BCUT2D eigenvalue weighted by Crippen LogP contribution is 2.26. The van der Waals surface area contributed by atoms with E-state index in [9.17, 15) is 4.79 Å². The molecule has 0 bridgehead atoms. The Labute approximate surface area is 132 Å². The Morgan fingerprint density at radius 3 is 2.29 bits per heavy atom. The summed E-state index contributed by atoms with van der Waals surface area (Å²) in [4.78, 5) is 12.2. The fraction of sp³-hybridized carbons (Fsp3) is 0. The lowest BCUT2D eigenvalue weighted by Crippen LogP contribution is -2.17. The maximum atomic E-state index is 11.6. The topological polar surface area (TPSA) is 41.1 Å². The normalized spacial score (nSPS) is 16.1. The number of carbonyl (C=O) groups is 1. The lowest BCUT2D eigenvalue weighted by atomic mass is 10.2. The quantitative estimate of drug-likeness (QED) is 0.666. The molecule has 2 aromatic carbocycles. The molecule has 3 rings (SSSR count). The van der Waals surface area contributed by atoms with Crippen LogP contribution in [0.25, 0.3) is 6.08 Å². The molecular weight excluding hydrogens is 300 g/mol. The minimum Gasteiger partial charge on any atom is -0.356 e. The number of para-hydroxylation sites is 1. The number of rotatable bonds is 3. The summed E-state index contributed by atoms with van der Waals surface area (Å²) in [5, 5.41) is 5.92. The molecule has 0 saturated carbocycles. The number of hydrogen-bond acceptors (Lipinski definition) is 4. The second-order valence-corrected chi connectivity index (χ2v) is 6.18.